The molecule has 76 valence electrons. The maximum absolute atomic E-state index is 11.9. The summed E-state index contributed by atoms with van der Waals surface area (Å²) in [5.41, 5.74) is -1.81. The van der Waals surface area contributed by atoms with E-state index in [1.807, 2.05) is 0 Å². The van der Waals surface area contributed by atoms with Crippen LogP contribution < -0.4 is 5.56 Å². The number of aryl methyl sites for hydroxylation is 1. The number of pyridine rings is 1. The highest BCUT2D eigenvalue weighted by molar-refractivity contribution is 5.99. The monoisotopic (exact) mass is 205 g/mol. The lowest BCUT2D eigenvalue weighted by Crippen LogP contribution is -2.31. The fourth-order valence-electron chi connectivity index (χ4n) is 0.923. The zero-order valence-electron chi connectivity index (χ0n) is 7.13. The summed E-state index contributed by atoms with van der Waals surface area (Å²) in [5, 5.41) is 0. The fourth-order valence-corrected chi connectivity index (χ4v) is 0.923. The van der Waals surface area contributed by atoms with Crippen LogP contribution in [-0.2, 0) is 7.05 Å². The van der Waals surface area contributed by atoms with Crippen LogP contribution in [0.25, 0.3) is 0 Å². The van der Waals surface area contributed by atoms with Crippen LogP contribution in [0.5, 0.6) is 0 Å². The smallest absolute Gasteiger partial charge is 0.318 e. The van der Waals surface area contributed by atoms with Crippen molar-refractivity contribution in [3.8, 4) is 0 Å². The molecule has 6 heteroatoms. The molecule has 1 aromatic heterocycles. The van der Waals surface area contributed by atoms with Crippen molar-refractivity contribution in [1.29, 1.82) is 0 Å². The van der Waals surface area contributed by atoms with Crippen molar-refractivity contribution in [3.63, 3.8) is 0 Å². The molecule has 0 fully saturated rings. The lowest BCUT2D eigenvalue weighted by atomic mass is 10.2. The molecule has 0 saturated carbocycles. The second-order valence-electron chi connectivity index (χ2n) is 2.66. The summed E-state index contributed by atoms with van der Waals surface area (Å²) in [4.78, 5) is 21.8. The van der Waals surface area contributed by atoms with Crippen LogP contribution in [0.1, 0.15) is 10.4 Å². The van der Waals surface area contributed by atoms with E-state index >= 15 is 0 Å². The minimum Gasteiger partial charge on any atom is -0.318 e. The Kier molecular flexibility index (Phi) is 2.46. The van der Waals surface area contributed by atoms with Crippen LogP contribution in [0.15, 0.2) is 23.1 Å². The molecule has 0 amide bonds. The number of carbonyl (C=O) groups excluding carboxylic acids is 1. The fraction of sp³-hybridized carbons (Fsp3) is 0.250. The molecule has 0 bridgehead atoms. The number of hydrogen-bond acceptors (Lipinski definition) is 2. The summed E-state index contributed by atoms with van der Waals surface area (Å²) in [7, 11) is 1.27. The summed E-state index contributed by atoms with van der Waals surface area (Å²) < 4.78 is 36.8. The number of Topliss-reactive ketones (excluding diaryl/α,β-unsaturated/α-hetero) is 1. The van der Waals surface area contributed by atoms with Crippen molar-refractivity contribution in [3.05, 3.63) is 34.2 Å². The van der Waals surface area contributed by atoms with Crippen LogP contribution in [0, 0.1) is 0 Å². The molecule has 0 spiro atoms. The summed E-state index contributed by atoms with van der Waals surface area (Å²) in [6.07, 6.45) is -3.73. The molecule has 0 N–H and O–H groups in total. The van der Waals surface area contributed by atoms with E-state index in [4.69, 9.17) is 0 Å². The Morgan fingerprint density at radius 2 is 2.00 bits per heavy atom. The van der Waals surface area contributed by atoms with Crippen molar-refractivity contribution < 1.29 is 18.0 Å². The molecule has 0 atom stereocenters. The van der Waals surface area contributed by atoms with Crippen LogP contribution in [-0.4, -0.2) is 16.5 Å². The third-order valence-electron chi connectivity index (χ3n) is 1.63. The molecule has 1 aromatic rings. The van der Waals surface area contributed by atoms with Crippen LogP contribution in [0.2, 0.25) is 0 Å². The molecule has 0 aliphatic carbocycles. The van der Waals surface area contributed by atoms with Crippen molar-refractivity contribution in [2.24, 2.45) is 7.05 Å². The minimum atomic E-state index is -5.01. The average molecular weight is 205 g/mol. The van der Waals surface area contributed by atoms with Crippen molar-refractivity contribution in [2.75, 3.05) is 0 Å². The summed E-state index contributed by atoms with van der Waals surface area (Å²) >= 11 is 0. The Hall–Kier alpha value is -1.59. The number of carbonyl (C=O) groups is 1. The molecule has 3 nitrogen and oxygen atoms in total. The lowest BCUT2D eigenvalue weighted by molar-refractivity contribution is -0.0886. The van der Waals surface area contributed by atoms with Gasteiger partial charge in [0.05, 0.1) is 5.56 Å². The maximum atomic E-state index is 11.9. The highest BCUT2D eigenvalue weighted by atomic mass is 19.4. The maximum Gasteiger partial charge on any atom is 0.455 e. The molecule has 0 aliphatic rings. The number of aromatic nitrogens is 1. The van der Waals surface area contributed by atoms with Crippen molar-refractivity contribution >= 4 is 5.78 Å². The van der Waals surface area contributed by atoms with Gasteiger partial charge >= 0.3 is 6.18 Å². The van der Waals surface area contributed by atoms with Crippen LogP contribution >= 0.6 is 0 Å². The molecule has 0 saturated heterocycles. The average Bonchev–Trinajstić information content (AvgIpc) is 2.07. The molecule has 0 radical (unpaired) electrons. The molecule has 1 rings (SSSR count). The standard InChI is InChI=1S/C8H6F3NO2/c1-12-4-2-3-5(7(12)14)6(13)8(9,10)11/h2-4H,1H3. The van der Waals surface area contributed by atoms with Gasteiger partial charge in [-0.25, -0.2) is 0 Å². The van der Waals surface area contributed by atoms with E-state index in [1.54, 1.807) is 0 Å². The van der Waals surface area contributed by atoms with Gasteiger partial charge in [0.2, 0.25) is 0 Å². The number of rotatable bonds is 1. The SMILES string of the molecule is Cn1cccc(C(=O)C(F)(F)F)c1=O. The van der Waals surface area contributed by atoms with E-state index in [-0.39, 0.29) is 0 Å². The molecule has 1 heterocycles. The zero-order chi connectivity index (χ0) is 10.9. The Morgan fingerprint density at radius 1 is 1.43 bits per heavy atom. The minimum absolute atomic E-state index is 0.859. The number of alkyl halides is 3. The van der Waals surface area contributed by atoms with Gasteiger partial charge in [0.15, 0.2) is 0 Å². The van der Waals surface area contributed by atoms with Gasteiger partial charge in [0.1, 0.15) is 0 Å². The molecule has 14 heavy (non-hydrogen) atoms. The summed E-state index contributed by atoms with van der Waals surface area (Å²) in [5.74, 6) is -2.11. The Morgan fingerprint density at radius 3 is 2.50 bits per heavy atom. The van der Waals surface area contributed by atoms with E-state index in [0.717, 1.165) is 10.6 Å². The second kappa shape index (κ2) is 3.28. The van der Waals surface area contributed by atoms with Gasteiger partial charge in [0.25, 0.3) is 11.3 Å². The van der Waals surface area contributed by atoms with Crippen molar-refractivity contribution in [1.82, 2.24) is 4.57 Å². The third-order valence-corrected chi connectivity index (χ3v) is 1.63. The van der Waals surface area contributed by atoms with Gasteiger partial charge in [0, 0.05) is 13.2 Å². The predicted molar refractivity (Wildman–Crippen MR) is 42.1 cm³/mol. The van der Waals surface area contributed by atoms with Gasteiger partial charge in [-0.2, -0.15) is 13.2 Å². The van der Waals surface area contributed by atoms with Gasteiger partial charge in [-0.3, -0.25) is 9.59 Å². The third kappa shape index (κ3) is 1.84. The molecule has 0 aromatic carbocycles. The Labute approximate surface area is 76.8 Å². The molecular formula is C8H6F3NO2. The number of nitrogens with zero attached hydrogens (tertiary/aromatic N) is 1. The number of ketones is 1. The Bertz CT molecular complexity index is 419. The highest BCUT2D eigenvalue weighted by Crippen LogP contribution is 2.19. The first-order valence-electron chi connectivity index (χ1n) is 3.61. The molecule has 0 unspecified atom stereocenters. The first kappa shape index (κ1) is 10.5. The number of halogens is 3. The molecule has 0 aliphatic heterocycles. The van der Waals surface area contributed by atoms with Gasteiger partial charge in [-0.15, -0.1) is 0 Å². The van der Waals surface area contributed by atoms with Gasteiger partial charge in [-0.1, -0.05) is 0 Å². The normalized spacial score (nSPS) is 11.4. The zero-order valence-corrected chi connectivity index (χ0v) is 7.13. The van der Waals surface area contributed by atoms with E-state index in [9.17, 15) is 22.8 Å². The van der Waals surface area contributed by atoms with E-state index < -0.39 is 23.1 Å². The summed E-state index contributed by atoms with van der Waals surface area (Å²) in [6, 6.07) is 2.07. The van der Waals surface area contributed by atoms with Crippen LogP contribution in [0.4, 0.5) is 13.2 Å². The number of hydrogen-bond donors (Lipinski definition) is 0. The van der Waals surface area contributed by atoms with E-state index in [1.165, 1.54) is 19.3 Å². The first-order chi connectivity index (χ1) is 6.34. The second-order valence-corrected chi connectivity index (χ2v) is 2.66. The van der Waals surface area contributed by atoms with Gasteiger partial charge in [-0.05, 0) is 12.1 Å². The van der Waals surface area contributed by atoms with Crippen LogP contribution in [0.3, 0.4) is 0 Å². The highest BCUT2D eigenvalue weighted by Gasteiger charge is 2.40. The topological polar surface area (TPSA) is 39.1 Å². The largest absolute Gasteiger partial charge is 0.455 e. The van der Waals surface area contributed by atoms with Gasteiger partial charge < -0.3 is 4.57 Å². The first-order valence-corrected chi connectivity index (χ1v) is 3.61. The Balaban J connectivity index is 3.29. The quantitative estimate of drug-likeness (QED) is 0.644. The lowest BCUT2D eigenvalue weighted by Gasteiger charge is -2.05. The molecular weight excluding hydrogens is 199 g/mol. The summed E-state index contributed by atoms with van der Waals surface area (Å²) in [6.45, 7) is 0. The van der Waals surface area contributed by atoms with Crippen molar-refractivity contribution in [2.45, 2.75) is 6.18 Å². The predicted octanol–water partition coefficient (Wildman–Crippen LogP) is 1.13. The van der Waals surface area contributed by atoms with E-state index in [2.05, 4.69) is 0 Å². The van der Waals surface area contributed by atoms with E-state index in [0.29, 0.717) is 0 Å².